The molecule has 0 radical (unpaired) electrons. The third kappa shape index (κ3) is 9.99. The molecule has 0 spiro atoms. The van der Waals surface area contributed by atoms with Crippen molar-refractivity contribution in [3.63, 3.8) is 0 Å². The first kappa shape index (κ1) is 25.2. The quantitative estimate of drug-likeness (QED) is 0.388. The normalized spacial score (nSPS) is 14.8. The Morgan fingerprint density at radius 3 is 2.41 bits per heavy atom. The van der Waals surface area contributed by atoms with Gasteiger partial charge in [-0.05, 0) is 23.8 Å². The van der Waals surface area contributed by atoms with Gasteiger partial charge in [-0.25, -0.2) is 4.79 Å². The van der Waals surface area contributed by atoms with Crippen LogP contribution in [0.4, 0.5) is 13.2 Å². The molecule has 0 fully saturated rings. The lowest BCUT2D eigenvalue weighted by Gasteiger charge is -2.11. The molecule has 1 aromatic rings. The van der Waals surface area contributed by atoms with Crippen molar-refractivity contribution in [1.29, 1.82) is 0 Å². The van der Waals surface area contributed by atoms with Crippen LogP contribution in [0.15, 0.2) is 18.2 Å². The van der Waals surface area contributed by atoms with Gasteiger partial charge in [-0.1, -0.05) is 33.2 Å². The second-order valence-electron chi connectivity index (χ2n) is 5.44. The Hall–Kier alpha value is -1.79. The highest BCUT2D eigenvalue weighted by atomic mass is 35.5. The van der Waals surface area contributed by atoms with E-state index in [0.29, 0.717) is 29.5 Å². The molecule has 162 valence electrons. The van der Waals surface area contributed by atoms with E-state index < -0.39 is 24.2 Å². The number of hydrogen-bond acceptors (Lipinski definition) is 6. The fraction of sp³-hybridized carbons (Fsp3) is 0.438. The van der Waals surface area contributed by atoms with Crippen molar-refractivity contribution in [1.82, 2.24) is 5.32 Å². The maximum Gasteiger partial charge on any atom is 0.490 e. The van der Waals surface area contributed by atoms with Gasteiger partial charge in [0.05, 0.1) is 6.42 Å². The SMILES string of the molecule is O=C(O)C(F)(F)F.O=C(O)CCSSCCNC(=O)C1Cc2cc(Cl)ccc2O1. The summed E-state index contributed by atoms with van der Waals surface area (Å²) in [6.45, 7) is 0.528. The van der Waals surface area contributed by atoms with E-state index in [1.165, 1.54) is 10.8 Å². The van der Waals surface area contributed by atoms with Gasteiger partial charge in [0.1, 0.15) is 5.75 Å². The number of carbonyl (C=O) groups excluding carboxylic acids is 1. The maximum atomic E-state index is 12.0. The van der Waals surface area contributed by atoms with Crippen molar-refractivity contribution in [2.75, 3.05) is 18.1 Å². The van der Waals surface area contributed by atoms with Gasteiger partial charge in [-0.2, -0.15) is 13.2 Å². The largest absolute Gasteiger partial charge is 0.490 e. The summed E-state index contributed by atoms with van der Waals surface area (Å²) < 4.78 is 37.3. The van der Waals surface area contributed by atoms with E-state index in [2.05, 4.69) is 5.32 Å². The summed E-state index contributed by atoms with van der Waals surface area (Å²) in [6, 6.07) is 5.34. The Morgan fingerprint density at radius 2 is 1.83 bits per heavy atom. The fourth-order valence-corrected chi connectivity index (χ4v) is 4.02. The molecule has 1 atom stereocenters. The molecule has 0 saturated carbocycles. The summed E-state index contributed by atoms with van der Waals surface area (Å²) in [5, 5.41) is 19.1. The lowest BCUT2D eigenvalue weighted by molar-refractivity contribution is -0.192. The highest BCUT2D eigenvalue weighted by molar-refractivity contribution is 8.76. The molecule has 7 nitrogen and oxygen atoms in total. The van der Waals surface area contributed by atoms with E-state index >= 15 is 0 Å². The smallest absolute Gasteiger partial charge is 0.481 e. The van der Waals surface area contributed by atoms with E-state index in [0.717, 1.165) is 11.3 Å². The number of aliphatic carboxylic acids is 2. The Morgan fingerprint density at radius 1 is 1.21 bits per heavy atom. The van der Waals surface area contributed by atoms with Gasteiger partial charge in [0.2, 0.25) is 0 Å². The minimum absolute atomic E-state index is 0.136. The topological polar surface area (TPSA) is 113 Å². The van der Waals surface area contributed by atoms with Crippen molar-refractivity contribution in [3.8, 4) is 5.75 Å². The van der Waals surface area contributed by atoms with Crippen LogP contribution in [0.1, 0.15) is 12.0 Å². The van der Waals surface area contributed by atoms with E-state index in [-0.39, 0.29) is 12.3 Å². The number of amides is 1. The van der Waals surface area contributed by atoms with Crippen molar-refractivity contribution in [3.05, 3.63) is 28.8 Å². The number of halogens is 4. The number of nitrogens with one attached hydrogen (secondary N) is 1. The average Bonchev–Trinajstić information content (AvgIpc) is 3.03. The second kappa shape index (κ2) is 12.0. The lowest BCUT2D eigenvalue weighted by Crippen LogP contribution is -2.38. The Bertz CT molecular complexity index is 735. The van der Waals surface area contributed by atoms with Gasteiger partial charge < -0.3 is 20.3 Å². The molecule has 1 aliphatic rings. The third-order valence-corrected chi connectivity index (χ3v) is 5.84. The number of benzene rings is 1. The molecular formula is C16H17ClF3NO6S2. The van der Waals surface area contributed by atoms with Gasteiger partial charge in [0, 0.05) is 29.5 Å². The van der Waals surface area contributed by atoms with Gasteiger partial charge in [0.15, 0.2) is 6.10 Å². The van der Waals surface area contributed by atoms with Gasteiger partial charge >= 0.3 is 18.1 Å². The van der Waals surface area contributed by atoms with Crippen molar-refractivity contribution >= 4 is 51.0 Å². The molecule has 0 aromatic heterocycles. The molecule has 0 saturated heterocycles. The van der Waals surface area contributed by atoms with E-state index in [4.69, 9.17) is 31.3 Å². The van der Waals surface area contributed by atoms with Crippen LogP contribution >= 0.6 is 33.2 Å². The molecule has 0 bridgehead atoms. The molecule has 1 aliphatic heterocycles. The zero-order valence-electron chi connectivity index (χ0n) is 14.7. The first-order valence-corrected chi connectivity index (χ1v) is 10.9. The zero-order valence-corrected chi connectivity index (χ0v) is 17.1. The van der Waals surface area contributed by atoms with Crippen molar-refractivity contribution < 1.29 is 42.5 Å². The summed E-state index contributed by atoms with van der Waals surface area (Å²) in [6.07, 6.45) is -4.90. The summed E-state index contributed by atoms with van der Waals surface area (Å²) in [7, 11) is 3.04. The first-order valence-electron chi connectivity index (χ1n) is 7.99. The van der Waals surface area contributed by atoms with E-state index in [1.807, 2.05) is 6.07 Å². The number of alkyl halides is 3. The number of carboxylic acids is 2. The molecular weight excluding hydrogens is 459 g/mol. The lowest BCUT2D eigenvalue weighted by atomic mass is 10.1. The number of rotatable bonds is 8. The van der Waals surface area contributed by atoms with E-state index in [9.17, 15) is 22.8 Å². The van der Waals surface area contributed by atoms with E-state index in [1.54, 1.807) is 22.9 Å². The van der Waals surface area contributed by atoms with Crippen LogP contribution in [0.5, 0.6) is 5.75 Å². The molecule has 3 N–H and O–H groups in total. The molecule has 2 rings (SSSR count). The van der Waals surface area contributed by atoms with Crippen molar-refractivity contribution in [2.45, 2.75) is 25.1 Å². The van der Waals surface area contributed by atoms with Gasteiger partial charge in [0.25, 0.3) is 5.91 Å². The second-order valence-corrected chi connectivity index (χ2v) is 8.58. The number of carbonyl (C=O) groups is 3. The molecule has 13 heteroatoms. The molecule has 1 heterocycles. The van der Waals surface area contributed by atoms with Crippen LogP contribution in [0.3, 0.4) is 0 Å². The molecule has 1 amide bonds. The van der Waals surface area contributed by atoms with Gasteiger partial charge in [-0.15, -0.1) is 0 Å². The van der Waals surface area contributed by atoms with Crippen LogP contribution in [0.25, 0.3) is 0 Å². The van der Waals surface area contributed by atoms with Crippen molar-refractivity contribution in [2.24, 2.45) is 0 Å². The van der Waals surface area contributed by atoms with Crippen LogP contribution < -0.4 is 10.1 Å². The number of ether oxygens (including phenoxy) is 1. The Balaban J connectivity index is 0.000000516. The maximum absolute atomic E-state index is 12.0. The zero-order chi connectivity index (χ0) is 22.0. The number of fused-ring (bicyclic) bond motifs is 1. The monoisotopic (exact) mass is 475 g/mol. The van der Waals surface area contributed by atoms with Crippen LogP contribution in [-0.4, -0.2) is 58.4 Å². The molecule has 0 aliphatic carbocycles. The third-order valence-electron chi connectivity index (χ3n) is 3.20. The molecule has 1 unspecified atom stereocenters. The average molecular weight is 476 g/mol. The predicted octanol–water partition coefficient (Wildman–Crippen LogP) is 3.25. The minimum atomic E-state index is -5.08. The Labute approximate surface area is 176 Å². The Kier molecular flexibility index (Phi) is 10.5. The van der Waals surface area contributed by atoms with Crippen LogP contribution in [0.2, 0.25) is 5.02 Å². The number of carboxylic acid groups (broad SMARTS) is 2. The highest BCUT2D eigenvalue weighted by Crippen LogP contribution is 2.31. The predicted molar refractivity (Wildman–Crippen MR) is 103 cm³/mol. The molecule has 29 heavy (non-hydrogen) atoms. The van der Waals surface area contributed by atoms with Crippen LogP contribution in [-0.2, 0) is 20.8 Å². The standard InChI is InChI=1S/C14H16ClNO4S2.C2HF3O2/c15-10-1-2-11-9(7-10)8-12(20-11)14(19)16-4-6-22-21-5-3-13(17)18;3-2(4,5)1(6)7/h1-2,7,12H,3-6,8H2,(H,16,19)(H,17,18);(H,6,7). The summed E-state index contributed by atoms with van der Waals surface area (Å²) in [4.78, 5) is 31.2. The summed E-state index contributed by atoms with van der Waals surface area (Å²) in [5.74, 6) is -1.68. The number of hydrogen-bond donors (Lipinski definition) is 3. The minimum Gasteiger partial charge on any atom is -0.481 e. The van der Waals surface area contributed by atoms with Crippen LogP contribution in [0, 0.1) is 0 Å². The fourth-order valence-electron chi connectivity index (χ4n) is 1.94. The van der Waals surface area contributed by atoms with Gasteiger partial charge in [-0.3, -0.25) is 9.59 Å². The summed E-state index contributed by atoms with van der Waals surface area (Å²) in [5.41, 5.74) is 0.950. The highest BCUT2D eigenvalue weighted by Gasteiger charge is 2.38. The first-order chi connectivity index (χ1) is 13.5. The summed E-state index contributed by atoms with van der Waals surface area (Å²) >= 11 is 5.92. The molecule has 1 aromatic carbocycles.